The number of nitrogens with zero attached hydrogens (tertiary/aromatic N) is 2. The molecule has 0 bridgehead atoms. The van der Waals surface area contributed by atoms with E-state index in [2.05, 4.69) is 5.32 Å². The van der Waals surface area contributed by atoms with E-state index in [-0.39, 0.29) is 18.4 Å². The summed E-state index contributed by atoms with van der Waals surface area (Å²) < 4.78 is 0. The van der Waals surface area contributed by atoms with Gasteiger partial charge in [-0.05, 0) is 45.2 Å². The second kappa shape index (κ2) is 6.89. The fourth-order valence-corrected chi connectivity index (χ4v) is 3.04. The number of nitrogens with one attached hydrogen (secondary N) is 1. The van der Waals surface area contributed by atoms with Crippen LogP contribution in [0.5, 0.6) is 0 Å². The van der Waals surface area contributed by atoms with Gasteiger partial charge in [0.2, 0.25) is 11.8 Å². The maximum atomic E-state index is 12.3. The Morgan fingerprint density at radius 3 is 2.89 bits per heavy atom. The summed E-state index contributed by atoms with van der Waals surface area (Å²) >= 11 is 0. The monoisotopic (exact) mass is 267 g/mol. The molecule has 0 saturated carbocycles. The Bertz CT molecular complexity index is 331. The number of hydrogen-bond donors (Lipinski definition) is 1. The molecule has 1 N–H and O–H groups in total. The first-order valence-electron chi connectivity index (χ1n) is 7.41. The van der Waals surface area contributed by atoms with E-state index < -0.39 is 0 Å². The fourth-order valence-electron chi connectivity index (χ4n) is 3.04. The van der Waals surface area contributed by atoms with E-state index in [9.17, 15) is 9.59 Å². The molecule has 2 fully saturated rings. The smallest absolute Gasteiger partial charge is 0.242 e. The van der Waals surface area contributed by atoms with Crippen LogP contribution in [0.15, 0.2) is 0 Å². The Morgan fingerprint density at radius 1 is 1.32 bits per heavy atom. The molecule has 2 aliphatic rings. The lowest BCUT2D eigenvalue weighted by Gasteiger charge is -2.35. The van der Waals surface area contributed by atoms with E-state index in [1.54, 1.807) is 4.90 Å². The molecular weight excluding hydrogens is 242 g/mol. The summed E-state index contributed by atoms with van der Waals surface area (Å²) in [6.45, 7) is 3.68. The summed E-state index contributed by atoms with van der Waals surface area (Å²) in [5.74, 6) is 0.819. The highest BCUT2D eigenvalue weighted by Crippen LogP contribution is 2.17. The van der Waals surface area contributed by atoms with E-state index in [1.807, 2.05) is 11.9 Å². The standard InChI is InChI=1S/C14H25N3O2/c1-15-9-12-5-4-8-16(10-12)14(19)11-17-7-3-2-6-13(17)18/h12,15H,2-11H2,1H3. The van der Waals surface area contributed by atoms with Crippen molar-refractivity contribution in [3.05, 3.63) is 0 Å². The van der Waals surface area contributed by atoms with Crippen LogP contribution in [0.3, 0.4) is 0 Å². The molecule has 0 aliphatic carbocycles. The first-order chi connectivity index (χ1) is 9.20. The first-order valence-corrected chi connectivity index (χ1v) is 7.41. The van der Waals surface area contributed by atoms with Crippen LogP contribution in [-0.2, 0) is 9.59 Å². The van der Waals surface area contributed by atoms with Crippen molar-refractivity contribution in [2.45, 2.75) is 32.1 Å². The van der Waals surface area contributed by atoms with Gasteiger partial charge in [-0.2, -0.15) is 0 Å². The second-order valence-corrected chi connectivity index (χ2v) is 5.68. The van der Waals surface area contributed by atoms with Crippen LogP contribution >= 0.6 is 0 Å². The lowest BCUT2D eigenvalue weighted by molar-refractivity contribution is -0.142. The summed E-state index contributed by atoms with van der Waals surface area (Å²) in [5, 5.41) is 3.18. The minimum atomic E-state index is 0.121. The van der Waals surface area contributed by atoms with Crippen LogP contribution in [0.1, 0.15) is 32.1 Å². The number of carbonyl (C=O) groups excluding carboxylic acids is 2. The number of hydrogen-bond acceptors (Lipinski definition) is 3. The van der Waals surface area contributed by atoms with Crippen molar-refractivity contribution in [2.75, 3.05) is 39.8 Å². The first kappa shape index (κ1) is 14.3. The summed E-state index contributed by atoms with van der Waals surface area (Å²) in [4.78, 5) is 27.7. The molecule has 2 saturated heterocycles. The molecule has 1 atom stereocenters. The van der Waals surface area contributed by atoms with Crippen molar-refractivity contribution in [3.63, 3.8) is 0 Å². The van der Waals surface area contributed by atoms with Gasteiger partial charge in [-0.25, -0.2) is 0 Å². The normalized spacial score (nSPS) is 24.7. The van der Waals surface area contributed by atoms with Gasteiger partial charge in [-0.1, -0.05) is 0 Å². The maximum Gasteiger partial charge on any atom is 0.242 e. The minimum absolute atomic E-state index is 0.121. The number of piperidine rings is 2. The Kier molecular flexibility index (Phi) is 5.19. The molecule has 5 nitrogen and oxygen atoms in total. The highest BCUT2D eigenvalue weighted by atomic mass is 16.2. The van der Waals surface area contributed by atoms with Gasteiger partial charge >= 0.3 is 0 Å². The van der Waals surface area contributed by atoms with Crippen LogP contribution in [0.2, 0.25) is 0 Å². The molecule has 2 amide bonds. The van der Waals surface area contributed by atoms with Crippen LogP contribution < -0.4 is 5.32 Å². The average molecular weight is 267 g/mol. The third-order valence-corrected chi connectivity index (χ3v) is 4.11. The van der Waals surface area contributed by atoms with Gasteiger partial charge in [0, 0.05) is 26.1 Å². The van der Waals surface area contributed by atoms with Gasteiger partial charge in [-0.15, -0.1) is 0 Å². The molecule has 19 heavy (non-hydrogen) atoms. The number of rotatable bonds is 4. The third-order valence-electron chi connectivity index (χ3n) is 4.11. The van der Waals surface area contributed by atoms with Crippen molar-refractivity contribution in [1.29, 1.82) is 0 Å². The van der Waals surface area contributed by atoms with Crippen LogP contribution in [0, 0.1) is 5.92 Å². The van der Waals surface area contributed by atoms with Gasteiger partial charge in [0.25, 0.3) is 0 Å². The lowest BCUT2D eigenvalue weighted by atomic mass is 9.98. The van der Waals surface area contributed by atoms with Crippen molar-refractivity contribution in [1.82, 2.24) is 15.1 Å². The largest absolute Gasteiger partial charge is 0.341 e. The third kappa shape index (κ3) is 3.93. The molecule has 0 spiro atoms. The predicted molar refractivity (Wildman–Crippen MR) is 73.7 cm³/mol. The minimum Gasteiger partial charge on any atom is -0.341 e. The quantitative estimate of drug-likeness (QED) is 0.805. The highest BCUT2D eigenvalue weighted by Gasteiger charge is 2.26. The molecule has 0 aromatic carbocycles. The molecule has 0 aromatic rings. The molecule has 2 heterocycles. The van der Waals surface area contributed by atoms with Crippen molar-refractivity contribution in [2.24, 2.45) is 5.92 Å². The summed E-state index contributed by atoms with van der Waals surface area (Å²) in [6, 6.07) is 0. The van der Waals surface area contributed by atoms with Gasteiger partial charge in [0.1, 0.15) is 0 Å². The summed E-state index contributed by atoms with van der Waals surface area (Å²) in [6.07, 6.45) is 4.87. The van der Waals surface area contributed by atoms with E-state index in [1.165, 1.54) is 6.42 Å². The van der Waals surface area contributed by atoms with Gasteiger partial charge in [0.15, 0.2) is 0 Å². The zero-order valence-electron chi connectivity index (χ0n) is 11.9. The topological polar surface area (TPSA) is 52.7 Å². The molecule has 108 valence electrons. The molecule has 0 aromatic heterocycles. The molecular formula is C14H25N3O2. The van der Waals surface area contributed by atoms with Crippen molar-refractivity contribution >= 4 is 11.8 Å². The Morgan fingerprint density at radius 2 is 2.16 bits per heavy atom. The Labute approximate surface area is 115 Å². The second-order valence-electron chi connectivity index (χ2n) is 5.68. The number of likely N-dealkylation sites (tertiary alicyclic amines) is 2. The van der Waals surface area contributed by atoms with Gasteiger partial charge < -0.3 is 15.1 Å². The number of carbonyl (C=O) groups is 2. The van der Waals surface area contributed by atoms with Crippen molar-refractivity contribution < 1.29 is 9.59 Å². The van der Waals surface area contributed by atoms with Crippen molar-refractivity contribution in [3.8, 4) is 0 Å². The van der Waals surface area contributed by atoms with Gasteiger partial charge in [-0.3, -0.25) is 9.59 Å². The summed E-state index contributed by atoms with van der Waals surface area (Å²) in [7, 11) is 1.95. The fraction of sp³-hybridized carbons (Fsp3) is 0.857. The highest BCUT2D eigenvalue weighted by molar-refractivity contribution is 5.85. The van der Waals surface area contributed by atoms with E-state index >= 15 is 0 Å². The van der Waals surface area contributed by atoms with Crippen LogP contribution in [0.4, 0.5) is 0 Å². The average Bonchev–Trinajstić information content (AvgIpc) is 2.42. The summed E-state index contributed by atoms with van der Waals surface area (Å²) in [5.41, 5.74) is 0. The number of amides is 2. The molecule has 1 unspecified atom stereocenters. The molecule has 2 aliphatic heterocycles. The molecule has 0 radical (unpaired) electrons. The van der Waals surface area contributed by atoms with Crippen LogP contribution in [-0.4, -0.2) is 61.4 Å². The van der Waals surface area contributed by atoms with E-state index in [4.69, 9.17) is 0 Å². The maximum absolute atomic E-state index is 12.3. The molecule has 2 rings (SSSR count). The van der Waals surface area contributed by atoms with Crippen LogP contribution in [0.25, 0.3) is 0 Å². The SMILES string of the molecule is CNCC1CCCN(C(=O)CN2CCCCC2=O)C1. The van der Waals surface area contributed by atoms with E-state index in [0.717, 1.165) is 45.4 Å². The van der Waals surface area contributed by atoms with Gasteiger partial charge in [0.05, 0.1) is 6.54 Å². The Balaban J connectivity index is 1.83. The Hall–Kier alpha value is -1.10. The predicted octanol–water partition coefficient (Wildman–Crippen LogP) is 0.457. The molecule has 5 heteroatoms. The zero-order chi connectivity index (χ0) is 13.7. The zero-order valence-corrected chi connectivity index (χ0v) is 11.9. The lowest BCUT2D eigenvalue weighted by Crippen LogP contribution is -2.48. The van der Waals surface area contributed by atoms with E-state index in [0.29, 0.717) is 12.3 Å².